The predicted molar refractivity (Wildman–Crippen MR) is 113 cm³/mol. The molecule has 162 valence electrons. The minimum absolute atomic E-state index is 0.00188. The van der Waals surface area contributed by atoms with Crippen molar-refractivity contribution in [1.82, 2.24) is 0 Å². The Hall–Kier alpha value is -2.30. The highest BCUT2D eigenvalue weighted by molar-refractivity contribution is 5.94. The van der Waals surface area contributed by atoms with Crippen LogP contribution in [0.1, 0.15) is 59.8 Å². The summed E-state index contributed by atoms with van der Waals surface area (Å²) in [6.45, 7) is 15.1. The Morgan fingerprint density at radius 3 is 2.57 bits per heavy atom. The summed E-state index contributed by atoms with van der Waals surface area (Å²) >= 11 is 0. The number of fused-ring (bicyclic) bond motifs is 3. The van der Waals surface area contributed by atoms with E-state index in [0.717, 1.165) is 31.3 Å². The average Bonchev–Trinajstić information content (AvgIpc) is 3.39. The van der Waals surface area contributed by atoms with Gasteiger partial charge in [0, 0.05) is 11.5 Å². The van der Waals surface area contributed by atoms with Crippen LogP contribution in [0.5, 0.6) is 0 Å². The lowest BCUT2D eigenvalue weighted by atomic mass is 9.53. The summed E-state index contributed by atoms with van der Waals surface area (Å²) in [5.74, 6) is -0.0749. The molecule has 0 aromatic carbocycles. The third-order valence-corrected chi connectivity index (χ3v) is 8.12. The van der Waals surface area contributed by atoms with Gasteiger partial charge in [0.05, 0.1) is 17.4 Å². The van der Waals surface area contributed by atoms with Gasteiger partial charge in [-0.1, -0.05) is 32.9 Å². The highest BCUT2D eigenvalue weighted by atomic mass is 16.7. The van der Waals surface area contributed by atoms with Crippen molar-refractivity contribution < 1.29 is 23.8 Å². The summed E-state index contributed by atoms with van der Waals surface area (Å²) in [5.41, 5.74) is 1.81. The predicted octanol–water partition coefficient (Wildman–Crippen LogP) is 5.00. The average molecular weight is 413 g/mol. The van der Waals surface area contributed by atoms with Crippen LogP contribution in [-0.4, -0.2) is 23.8 Å². The van der Waals surface area contributed by atoms with Gasteiger partial charge in [0.15, 0.2) is 0 Å². The molecular weight excluding hydrogens is 380 g/mol. The number of carbonyl (C=O) groups is 2. The van der Waals surface area contributed by atoms with Gasteiger partial charge in [0.1, 0.15) is 5.60 Å². The second kappa shape index (κ2) is 6.86. The van der Waals surface area contributed by atoms with Crippen molar-refractivity contribution >= 4 is 11.9 Å². The van der Waals surface area contributed by atoms with Crippen LogP contribution in [0, 0.1) is 22.7 Å². The molecule has 3 fully saturated rings. The van der Waals surface area contributed by atoms with Crippen molar-refractivity contribution in [3.63, 3.8) is 0 Å². The smallest absolute Gasteiger partial charge is 0.338 e. The van der Waals surface area contributed by atoms with E-state index < -0.39 is 11.9 Å². The van der Waals surface area contributed by atoms with Crippen LogP contribution in [0.15, 0.2) is 48.3 Å². The maximum atomic E-state index is 12.8. The zero-order chi connectivity index (χ0) is 21.9. The molecule has 0 radical (unpaired) electrons. The largest absolute Gasteiger partial charge is 0.458 e. The topological polar surface area (TPSA) is 61.8 Å². The molecule has 5 atom stereocenters. The molecular formula is C25H32O5. The van der Waals surface area contributed by atoms with Gasteiger partial charge in [-0.05, 0) is 55.8 Å². The first kappa shape index (κ1) is 21.0. The summed E-state index contributed by atoms with van der Waals surface area (Å²) in [6, 6.07) is 0. The molecule has 0 spiro atoms. The monoisotopic (exact) mass is 412 g/mol. The number of hydrogen-bond donors (Lipinski definition) is 0. The van der Waals surface area contributed by atoms with Crippen LogP contribution in [0.2, 0.25) is 0 Å². The molecule has 1 saturated heterocycles. The van der Waals surface area contributed by atoms with Crippen molar-refractivity contribution in [1.29, 1.82) is 0 Å². The first-order valence-electron chi connectivity index (χ1n) is 10.9. The van der Waals surface area contributed by atoms with E-state index in [9.17, 15) is 9.59 Å². The molecule has 3 aliphatic carbocycles. The van der Waals surface area contributed by atoms with Gasteiger partial charge in [-0.3, -0.25) is 0 Å². The van der Waals surface area contributed by atoms with Gasteiger partial charge >= 0.3 is 11.9 Å². The molecule has 0 aromatic heterocycles. The number of ether oxygens (including phenoxy) is 3. The Labute approximate surface area is 178 Å². The van der Waals surface area contributed by atoms with Crippen LogP contribution < -0.4 is 0 Å². The standard InChI is InChI=1S/C23H28O5.C2H4/c1-21(2)10-11-22(3)16(21)8-9-23(4)17(22)15(19(25)28-23)12-26-20-14-7-5-6-13(14)18(24)27-20;1-2/h5,7,12,16-17,20H,6,8-11H2,1-4H3;1-2H2/b15-12+;/t16-,17+,20?,22-,23+;/m0./s1. The molecule has 0 aromatic rings. The van der Waals surface area contributed by atoms with Gasteiger partial charge in [-0.2, -0.15) is 0 Å². The van der Waals surface area contributed by atoms with Gasteiger partial charge in [0.25, 0.3) is 6.29 Å². The molecule has 2 saturated carbocycles. The Bertz CT molecular complexity index is 878. The maximum absolute atomic E-state index is 12.8. The molecule has 2 aliphatic heterocycles. The zero-order valence-electron chi connectivity index (χ0n) is 18.5. The summed E-state index contributed by atoms with van der Waals surface area (Å²) in [4.78, 5) is 24.8. The third kappa shape index (κ3) is 2.81. The number of hydrogen-bond acceptors (Lipinski definition) is 5. The van der Waals surface area contributed by atoms with Gasteiger partial charge < -0.3 is 14.2 Å². The molecule has 2 heterocycles. The number of allylic oxidation sites excluding steroid dienone is 1. The van der Waals surface area contributed by atoms with Crippen molar-refractivity contribution in [3.05, 3.63) is 48.3 Å². The fourth-order valence-electron chi connectivity index (χ4n) is 6.88. The van der Waals surface area contributed by atoms with Crippen molar-refractivity contribution in [2.45, 2.75) is 71.7 Å². The fraction of sp³-hybridized carbons (Fsp3) is 0.600. The molecule has 5 heteroatoms. The molecule has 5 nitrogen and oxygen atoms in total. The quantitative estimate of drug-likeness (QED) is 0.277. The third-order valence-electron chi connectivity index (χ3n) is 8.12. The highest BCUT2D eigenvalue weighted by Crippen LogP contribution is 2.68. The molecule has 5 aliphatic rings. The lowest BCUT2D eigenvalue weighted by Crippen LogP contribution is -2.50. The first-order valence-corrected chi connectivity index (χ1v) is 10.9. The van der Waals surface area contributed by atoms with Crippen LogP contribution in [0.25, 0.3) is 0 Å². The van der Waals surface area contributed by atoms with Gasteiger partial charge in [-0.15, -0.1) is 13.2 Å². The Morgan fingerprint density at radius 1 is 1.10 bits per heavy atom. The van der Waals surface area contributed by atoms with Gasteiger partial charge in [0.2, 0.25) is 0 Å². The summed E-state index contributed by atoms with van der Waals surface area (Å²) in [6.07, 6.45) is 9.35. The van der Waals surface area contributed by atoms with E-state index in [1.54, 1.807) is 0 Å². The highest BCUT2D eigenvalue weighted by Gasteiger charge is 2.66. The molecule has 0 bridgehead atoms. The number of carbonyl (C=O) groups excluding carboxylic acids is 2. The van der Waals surface area contributed by atoms with Crippen molar-refractivity contribution in [2.75, 3.05) is 0 Å². The lowest BCUT2D eigenvalue weighted by molar-refractivity contribution is -0.155. The van der Waals surface area contributed by atoms with Crippen molar-refractivity contribution in [3.8, 4) is 0 Å². The van der Waals surface area contributed by atoms with Crippen LogP contribution in [0.3, 0.4) is 0 Å². The second-order valence-electron chi connectivity index (χ2n) is 10.2. The minimum Gasteiger partial charge on any atom is -0.458 e. The van der Waals surface area contributed by atoms with Crippen LogP contribution >= 0.6 is 0 Å². The lowest BCUT2D eigenvalue weighted by Gasteiger charge is -2.51. The zero-order valence-corrected chi connectivity index (χ0v) is 18.5. The SMILES string of the molecule is C=C.CC1(C)CC[C@]2(C)[C@H]3/C(=C\OC4OC(=O)C5=C4C=CC5)C(=O)O[C@]3(C)CC[C@@H]12. The summed E-state index contributed by atoms with van der Waals surface area (Å²) in [7, 11) is 0. The number of cyclic esters (lactones) is 1. The minimum atomic E-state index is -0.763. The molecule has 0 amide bonds. The van der Waals surface area contributed by atoms with E-state index in [2.05, 4.69) is 40.9 Å². The Morgan fingerprint density at radius 2 is 1.83 bits per heavy atom. The molecule has 1 unspecified atom stereocenters. The van der Waals surface area contributed by atoms with Crippen LogP contribution in [0.4, 0.5) is 0 Å². The number of rotatable bonds is 2. The van der Waals surface area contributed by atoms with Crippen molar-refractivity contribution in [2.24, 2.45) is 22.7 Å². The van der Waals surface area contributed by atoms with E-state index in [-0.39, 0.29) is 28.7 Å². The van der Waals surface area contributed by atoms with E-state index in [1.807, 2.05) is 12.2 Å². The van der Waals surface area contributed by atoms with E-state index in [1.165, 1.54) is 6.26 Å². The maximum Gasteiger partial charge on any atom is 0.338 e. The van der Waals surface area contributed by atoms with E-state index in [4.69, 9.17) is 14.2 Å². The Kier molecular flexibility index (Phi) is 4.79. The second-order valence-corrected chi connectivity index (χ2v) is 10.2. The molecule has 30 heavy (non-hydrogen) atoms. The van der Waals surface area contributed by atoms with Crippen LogP contribution in [-0.2, 0) is 23.8 Å². The Balaban J connectivity index is 0.00000106. The van der Waals surface area contributed by atoms with Gasteiger partial charge in [-0.25, -0.2) is 9.59 Å². The first-order chi connectivity index (χ1) is 14.2. The fourth-order valence-corrected chi connectivity index (χ4v) is 6.88. The summed E-state index contributed by atoms with van der Waals surface area (Å²) < 4.78 is 17.1. The van der Waals surface area contributed by atoms with E-state index >= 15 is 0 Å². The number of esters is 2. The normalized spacial score (nSPS) is 41.6. The van der Waals surface area contributed by atoms with E-state index in [0.29, 0.717) is 23.5 Å². The summed E-state index contributed by atoms with van der Waals surface area (Å²) in [5, 5.41) is 0. The molecule has 0 N–H and O–H groups in total. The molecule has 5 rings (SSSR count).